The molecule has 0 unspecified atom stereocenters. The molecule has 0 saturated carbocycles. The van der Waals surface area contributed by atoms with Gasteiger partial charge in [0.25, 0.3) is 5.91 Å². The Kier molecular flexibility index (Phi) is 4.81. The Labute approximate surface area is 133 Å². The normalized spacial score (nSPS) is 11.2. The van der Waals surface area contributed by atoms with Gasteiger partial charge < -0.3 is 21.0 Å². The number of hydrogen-bond acceptors (Lipinski definition) is 5. The first kappa shape index (κ1) is 15.3. The second-order valence-electron chi connectivity index (χ2n) is 3.95. The quantitative estimate of drug-likeness (QED) is 0.334. The van der Waals surface area contributed by atoms with Crippen molar-refractivity contribution in [1.29, 1.82) is 0 Å². The molecule has 6 nitrogen and oxygen atoms in total. The van der Waals surface area contributed by atoms with Crippen LogP contribution in [-0.2, 0) is 0 Å². The van der Waals surface area contributed by atoms with Gasteiger partial charge in [0.1, 0.15) is 10.6 Å². The molecule has 110 valence electrons. The van der Waals surface area contributed by atoms with Crippen LogP contribution in [0.1, 0.15) is 15.2 Å². The predicted octanol–water partition coefficient (Wildman–Crippen LogP) is 2.87. The molecule has 0 bridgehead atoms. The molecule has 0 saturated heterocycles. The molecule has 1 amide bonds. The second-order valence-corrected chi connectivity index (χ2v) is 5.72. The Morgan fingerprint density at radius 1 is 1.48 bits per heavy atom. The molecule has 8 heteroatoms. The van der Waals surface area contributed by atoms with Gasteiger partial charge in [-0.2, -0.15) is 0 Å². The van der Waals surface area contributed by atoms with Crippen molar-refractivity contribution in [3.63, 3.8) is 0 Å². The van der Waals surface area contributed by atoms with Crippen molar-refractivity contribution in [2.24, 2.45) is 10.9 Å². The lowest BCUT2D eigenvalue weighted by Gasteiger charge is -2.09. The van der Waals surface area contributed by atoms with E-state index < -0.39 is 0 Å². The molecule has 1 aromatic heterocycles. The first-order valence-corrected chi connectivity index (χ1v) is 7.44. The van der Waals surface area contributed by atoms with Crippen LogP contribution >= 0.6 is 27.3 Å². The van der Waals surface area contributed by atoms with Gasteiger partial charge in [-0.15, -0.1) is 11.3 Å². The van der Waals surface area contributed by atoms with E-state index in [4.69, 9.17) is 15.7 Å². The molecule has 0 atom stereocenters. The minimum Gasteiger partial charge on any atom is -0.495 e. The zero-order chi connectivity index (χ0) is 15.4. The zero-order valence-corrected chi connectivity index (χ0v) is 13.4. The molecule has 0 aliphatic heterocycles. The number of nitrogens with one attached hydrogen (secondary N) is 1. The van der Waals surface area contributed by atoms with Gasteiger partial charge in [0.05, 0.1) is 12.8 Å². The van der Waals surface area contributed by atoms with Crippen LogP contribution in [-0.4, -0.2) is 24.1 Å². The van der Waals surface area contributed by atoms with E-state index in [1.54, 1.807) is 29.6 Å². The maximum atomic E-state index is 12.2. The number of nitrogens with zero attached hydrogens (tertiary/aromatic N) is 1. The summed E-state index contributed by atoms with van der Waals surface area (Å²) in [5, 5.41) is 16.1. The lowest BCUT2D eigenvalue weighted by atomic mass is 10.2. The van der Waals surface area contributed by atoms with Gasteiger partial charge in [0, 0.05) is 10.0 Å². The Morgan fingerprint density at radius 3 is 2.86 bits per heavy atom. The zero-order valence-electron chi connectivity index (χ0n) is 11.0. The van der Waals surface area contributed by atoms with Gasteiger partial charge in [0.2, 0.25) is 0 Å². The fourth-order valence-electron chi connectivity index (χ4n) is 1.64. The van der Waals surface area contributed by atoms with E-state index in [0.717, 1.165) is 0 Å². The van der Waals surface area contributed by atoms with Crippen LogP contribution < -0.4 is 15.8 Å². The maximum Gasteiger partial charge on any atom is 0.269 e. The molecular weight excluding hydrogens is 358 g/mol. The van der Waals surface area contributed by atoms with Crippen LogP contribution in [0.2, 0.25) is 0 Å². The summed E-state index contributed by atoms with van der Waals surface area (Å²) in [4.78, 5) is 12.7. The van der Waals surface area contributed by atoms with E-state index in [9.17, 15) is 4.79 Å². The van der Waals surface area contributed by atoms with E-state index >= 15 is 0 Å². The Balaban J connectivity index is 2.22. The van der Waals surface area contributed by atoms with Gasteiger partial charge in [0.15, 0.2) is 5.84 Å². The highest BCUT2D eigenvalue weighted by molar-refractivity contribution is 9.10. The van der Waals surface area contributed by atoms with Crippen molar-refractivity contribution >= 4 is 44.7 Å². The highest BCUT2D eigenvalue weighted by Crippen LogP contribution is 2.28. The average Bonchev–Trinajstić information content (AvgIpc) is 2.97. The number of oxime groups is 1. The number of benzene rings is 1. The molecule has 4 N–H and O–H groups in total. The SMILES string of the molecule is COc1ccsc1C(=O)Nc1ccc(/C(N)=N/O)cc1Br. The molecule has 0 spiro atoms. The number of ether oxygens (including phenoxy) is 1. The number of methoxy groups -OCH3 is 1. The maximum absolute atomic E-state index is 12.2. The van der Waals surface area contributed by atoms with E-state index in [1.165, 1.54) is 18.4 Å². The molecule has 2 rings (SSSR count). The van der Waals surface area contributed by atoms with Crippen LogP contribution in [0.15, 0.2) is 39.3 Å². The molecule has 21 heavy (non-hydrogen) atoms. The second kappa shape index (κ2) is 6.59. The fraction of sp³-hybridized carbons (Fsp3) is 0.0769. The van der Waals surface area contributed by atoms with E-state index in [2.05, 4.69) is 26.4 Å². The molecule has 2 aromatic rings. The van der Waals surface area contributed by atoms with Gasteiger partial charge in [-0.1, -0.05) is 5.16 Å². The smallest absolute Gasteiger partial charge is 0.269 e. The van der Waals surface area contributed by atoms with E-state index in [0.29, 0.717) is 26.4 Å². The molecule has 0 radical (unpaired) electrons. The van der Waals surface area contributed by atoms with Crippen molar-refractivity contribution in [2.45, 2.75) is 0 Å². The standard InChI is InChI=1S/C13H12BrN3O3S/c1-20-10-4-5-21-11(10)13(18)16-9-3-2-7(6-8(9)14)12(15)17-19/h2-6,19H,1H3,(H2,15,17)(H,16,18). The van der Waals surface area contributed by atoms with Crippen LogP contribution in [0, 0.1) is 0 Å². The number of carbonyl (C=O) groups excluding carboxylic acids is 1. The largest absolute Gasteiger partial charge is 0.495 e. The Hall–Kier alpha value is -2.06. The molecule has 0 aliphatic rings. The summed E-state index contributed by atoms with van der Waals surface area (Å²) < 4.78 is 5.74. The molecule has 1 heterocycles. The minimum absolute atomic E-state index is 0.00602. The van der Waals surface area contributed by atoms with Crippen LogP contribution in [0.5, 0.6) is 5.75 Å². The summed E-state index contributed by atoms with van der Waals surface area (Å²) in [5.41, 5.74) is 6.62. The summed E-state index contributed by atoms with van der Waals surface area (Å²) in [5.74, 6) is 0.259. The fourth-order valence-corrected chi connectivity index (χ4v) is 2.87. The summed E-state index contributed by atoms with van der Waals surface area (Å²) in [7, 11) is 1.51. The van der Waals surface area contributed by atoms with E-state index in [1.807, 2.05) is 0 Å². The highest BCUT2D eigenvalue weighted by atomic mass is 79.9. The number of amides is 1. The molecule has 0 aliphatic carbocycles. The van der Waals surface area contributed by atoms with Crippen molar-refractivity contribution in [3.05, 3.63) is 44.6 Å². The number of amidine groups is 1. The lowest BCUT2D eigenvalue weighted by molar-refractivity contribution is 0.102. The first-order chi connectivity index (χ1) is 10.1. The predicted molar refractivity (Wildman–Crippen MR) is 85.5 cm³/mol. The number of carbonyl (C=O) groups is 1. The van der Waals surface area contributed by atoms with Gasteiger partial charge >= 0.3 is 0 Å². The topological polar surface area (TPSA) is 96.9 Å². The van der Waals surface area contributed by atoms with Gasteiger partial charge in [-0.05, 0) is 45.6 Å². The van der Waals surface area contributed by atoms with Crippen LogP contribution in [0.3, 0.4) is 0 Å². The van der Waals surface area contributed by atoms with Crippen molar-refractivity contribution in [3.8, 4) is 5.75 Å². The highest BCUT2D eigenvalue weighted by Gasteiger charge is 2.15. The summed E-state index contributed by atoms with van der Waals surface area (Å²) in [6, 6.07) is 6.68. The van der Waals surface area contributed by atoms with E-state index in [-0.39, 0.29) is 11.7 Å². The number of rotatable bonds is 4. The lowest BCUT2D eigenvalue weighted by Crippen LogP contribution is -2.14. The monoisotopic (exact) mass is 369 g/mol. The molecular formula is C13H12BrN3O3S. The Morgan fingerprint density at radius 2 is 2.24 bits per heavy atom. The number of hydrogen-bond donors (Lipinski definition) is 3. The third-order valence-corrected chi connectivity index (χ3v) is 4.23. The average molecular weight is 370 g/mol. The van der Waals surface area contributed by atoms with Crippen molar-refractivity contribution < 1.29 is 14.7 Å². The van der Waals surface area contributed by atoms with Gasteiger partial charge in [-0.3, -0.25) is 4.79 Å². The summed E-state index contributed by atoms with van der Waals surface area (Å²) in [6.07, 6.45) is 0. The Bertz CT molecular complexity index is 700. The number of nitrogens with two attached hydrogens (primary N) is 1. The molecule has 0 fully saturated rings. The number of thiophene rings is 1. The van der Waals surface area contributed by atoms with Crippen molar-refractivity contribution in [1.82, 2.24) is 0 Å². The minimum atomic E-state index is -0.265. The third kappa shape index (κ3) is 3.34. The summed E-state index contributed by atoms with van der Waals surface area (Å²) in [6.45, 7) is 0. The van der Waals surface area contributed by atoms with Crippen LogP contribution in [0.25, 0.3) is 0 Å². The third-order valence-electron chi connectivity index (χ3n) is 2.68. The van der Waals surface area contributed by atoms with Gasteiger partial charge in [-0.25, -0.2) is 0 Å². The summed E-state index contributed by atoms with van der Waals surface area (Å²) >= 11 is 4.63. The number of anilines is 1. The van der Waals surface area contributed by atoms with Crippen molar-refractivity contribution in [2.75, 3.05) is 12.4 Å². The van der Waals surface area contributed by atoms with Crippen LogP contribution in [0.4, 0.5) is 5.69 Å². The molecule has 1 aromatic carbocycles. The first-order valence-electron chi connectivity index (χ1n) is 5.77. The number of halogens is 1.